The normalized spacial score (nSPS) is 30.0. The van der Waals surface area contributed by atoms with Crippen LogP contribution in [0.4, 0.5) is 0 Å². The quantitative estimate of drug-likeness (QED) is 0.723. The fourth-order valence-electron chi connectivity index (χ4n) is 3.03. The lowest BCUT2D eigenvalue weighted by atomic mass is 9.85. The van der Waals surface area contributed by atoms with Crippen LogP contribution in [0.1, 0.15) is 55.7 Å². The summed E-state index contributed by atoms with van der Waals surface area (Å²) in [5, 5.41) is 10.9. The Morgan fingerprint density at radius 2 is 1.71 bits per heavy atom. The number of aryl methyl sites for hydroxylation is 2. The van der Waals surface area contributed by atoms with Crippen LogP contribution in [-0.2, 0) is 5.60 Å². The Morgan fingerprint density at radius 1 is 1.06 bits per heavy atom. The summed E-state index contributed by atoms with van der Waals surface area (Å²) in [6.45, 7) is 6.52. The number of aliphatic hydroxyl groups is 1. The van der Waals surface area contributed by atoms with Crippen molar-refractivity contribution in [2.24, 2.45) is 5.92 Å². The smallest absolute Gasteiger partial charge is 0.0896 e. The molecule has 0 aromatic heterocycles. The molecule has 0 spiro atoms. The Labute approximate surface area is 105 Å². The highest BCUT2D eigenvalue weighted by Crippen LogP contribution is 2.38. The molecule has 1 nitrogen and oxygen atoms in total. The average Bonchev–Trinajstić information content (AvgIpc) is 2.41. The molecule has 1 saturated carbocycles. The van der Waals surface area contributed by atoms with Crippen LogP contribution >= 0.6 is 0 Å². The van der Waals surface area contributed by atoms with Crippen molar-refractivity contribution < 1.29 is 5.11 Å². The maximum Gasteiger partial charge on any atom is 0.0896 e. The van der Waals surface area contributed by atoms with Gasteiger partial charge in [-0.25, -0.2) is 0 Å². The first kappa shape index (κ1) is 12.6. The Balaban J connectivity index is 2.29. The van der Waals surface area contributed by atoms with Gasteiger partial charge in [0, 0.05) is 0 Å². The fourth-order valence-corrected chi connectivity index (χ4v) is 3.03. The predicted octanol–water partition coefficient (Wildman–Crippen LogP) is 4.09. The van der Waals surface area contributed by atoms with Crippen LogP contribution in [0.15, 0.2) is 18.2 Å². The Hall–Kier alpha value is -0.820. The van der Waals surface area contributed by atoms with Crippen molar-refractivity contribution in [3.8, 4) is 0 Å². The van der Waals surface area contributed by atoms with Crippen LogP contribution in [0.2, 0.25) is 0 Å². The molecule has 17 heavy (non-hydrogen) atoms. The molecular formula is C16H24O. The average molecular weight is 232 g/mol. The Bertz CT molecular complexity index is 376. The summed E-state index contributed by atoms with van der Waals surface area (Å²) in [5.41, 5.74) is 3.06. The van der Waals surface area contributed by atoms with Crippen molar-refractivity contribution in [1.82, 2.24) is 0 Å². The van der Waals surface area contributed by atoms with Crippen LogP contribution in [0.25, 0.3) is 0 Å². The van der Waals surface area contributed by atoms with Gasteiger partial charge in [0.2, 0.25) is 0 Å². The minimum absolute atomic E-state index is 0.582. The van der Waals surface area contributed by atoms with Crippen LogP contribution in [0.5, 0.6) is 0 Å². The van der Waals surface area contributed by atoms with Crippen LogP contribution in [0.3, 0.4) is 0 Å². The molecule has 2 unspecified atom stereocenters. The van der Waals surface area contributed by atoms with Gasteiger partial charge < -0.3 is 5.11 Å². The van der Waals surface area contributed by atoms with Gasteiger partial charge in [0.15, 0.2) is 0 Å². The molecule has 0 saturated heterocycles. The van der Waals surface area contributed by atoms with Gasteiger partial charge in [0.05, 0.1) is 5.60 Å². The third kappa shape index (κ3) is 2.90. The van der Waals surface area contributed by atoms with Crippen LogP contribution in [-0.4, -0.2) is 5.11 Å². The van der Waals surface area contributed by atoms with E-state index in [4.69, 9.17) is 0 Å². The van der Waals surface area contributed by atoms with E-state index in [0.29, 0.717) is 0 Å². The lowest BCUT2D eigenvalue weighted by molar-refractivity contribution is 0.0197. The fraction of sp³-hybridized carbons (Fsp3) is 0.625. The van der Waals surface area contributed by atoms with E-state index in [2.05, 4.69) is 39.0 Å². The molecule has 0 heterocycles. The van der Waals surface area contributed by atoms with Gasteiger partial charge >= 0.3 is 0 Å². The molecule has 1 fully saturated rings. The van der Waals surface area contributed by atoms with E-state index in [1.807, 2.05) is 0 Å². The molecule has 1 aliphatic carbocycles. The summed E-state index contributed by atoms with van der Waals surface area (Å²) < 4.78 is 0. The summed E-state index contributed by atoms with van der Waals surface area (Å²) in [7, 11) is 0. The van der Waals surface area contributed by atoms with Gasteiger partial charge in [-0.1, -0.05) is 42.7 Å². The first-order valence-electron chi connectivity index (χ1n) is 6.81. The molecule has 1 aromatic carbocycles. The van der Waals surface area contributed by atoms with E-state index in [1.54, 1.807) is 0 Å². The zero-order valence-electron chi connectivity index (χ0n) is 11.3. The second-order valence-corrected chi connectivity index (χ2v) is 5.94. The highest BCUT2D eigenvalue weighted by Gasteiger charge is 2.31. The molecule has 0 amide bonds. The molecule has 0 aliphatic heterocycles. The lowest BCUT2D eigenvalue weighted by Crippen LogP contribution is -2.25. The summed E-state index contributed by atoms with van der Waals surface area (Å²) in [6, 6.07) is 6.48. The number of hydrogen-bond acceptors (Lipinski definition) is 1. The van der Waals surface area contributed by atoms with Crippen LogP contribution < -0.4 is 0 Å². The largest absolute Gasteiger partial charge is 0.385 e. The zero-order chi connectivity index (χ0) is 12.5. The molecule has 2 rings (SSSR count). The van der Waals surface area contributed by atoms with Crippen molar-refractivity contribution in [2.45, 2.75) is 58.5 Å². The lowest BCUT2D eigenvalue weighted by Gasteiger charge is -2.28. The van der Waals surface area contributed by atoms with Crippen molar-refractivity contribution >= 4 is 0 Å². The van der Waals surface area contributed by atoms with Gasteiger partial charge in [0.1, 0.15) is 0 Å². The van der Waals surface area contributed by atoms with Gasteiger partial charge in [-0.2, -0.15) is 0 Å². The van der Waals surface area contributed by atoms with Crippen molar-refractivity contribution in [3.05, 3.63) is 34.9 Å². The molecule has 0 bridgehead atoms. The van der Waals surface area contributed by atoms with E-state index in [-0.39, 0.29) is 0 Å². The molecule has 1 heteroatoms. The first-order chi connectivity index (χ1) is 7.99. The molecule has 0 radical (unpaired) electrons. The van der Waals surface area contributed by atoms with Gasteiger partial charge in [-0.05, 0) is 51.0 Å². The second-order valence-electron chi connectivity index (χ2n) is 5.94. The third-order valence-electron chi connectivity index (χ3n) is 4.10. The maximum absolute atomic E-state index is 10.9. The summed E-state index contributed by atoms with van der Waals surface area (Å²) >= 11 is 0. The number of rotatable bonds is 1. The topological polar surface area (TPSA) is 20.2 Å². The second kappa shape index (κ2) is 4.81. The van der Waals surface area contributed by atoms with Gasteiger partial charge in [0.25, 0.3) is 0 Å². The number of benzene rings is 1. The van der Waals surface area contributed by atoms with Gasteiger partial charge in [-0.3, -0.25) is 0 Å². The molecule has 94 valence electrons. The van der Waals surface area contributed by atoms with Crippen molar-refractivity contribution in [3.63, 3.8) is 0 Å². The zero-order valence-corrected chi connectivity index (χ0v) is 11.3. The minimum Gasteiger partial charge on any atom is -0.385 e. The standard InChI is InChI=1S/C16H24O/c1-12-5-4-7-16(17,8-6-12)15-10-13(2)9-14(3)11-15/h9-12,17H,4-8H2,1-3H3. The monoisotopic (exact) mass is 232 g/mol. The van der Waals surface area contributed by atoms with Crippen molar-refractivity contribution in [1.29, 1.82) is 0 Å². The van der Waals surface area contributed by atoms with E-state index >= 15 is 0 Å². The Morgan fingerprint density at radius 3 is 2.35 bits per heavy atom. The Kier molecular flexibility index (Phi) is 3.58. The van der Waals surface area contributed by atoms with E-state index in [0.717, 1.165) is 37.2 Å². The van der Waals surface area contributed by atoms with E-state index < -0.39 is 5.60 Å². The van der Waals surface area contributed by atoms with E-state index in [9.17, 15) is 5.11 Å². The summed E-state index contributed by atoms with van der Waals surface area (Å²) in [4.78, 5) is 0. The predicted molar refractivity (Wildman–Crippen MR) is 72.1 cm³/mol. The molecule has 1 aliphatic rings. The molecule has 2 atom stereocenters. The minimum atomic E-state index is -0.582. The maximum atomic E-state index is 10.9. The summed E-state index contributed by atoms with van der Waals surface area (Å²) in [5.74, 6) is 0.759. The van der Waals surface area contributed by atoms with Gasteiger partial charge in [-0.15, -0.1) is 0 Å². The van der Waals surface area contributed by atoms with E-state index in [1.165, 1.54) is 17.5 Å². The van der Waals surface area contributed by atoms with Crippen LogP contribution in [0, 0.1) is 19.8 Å². The molecule has 1 N–H and O–H groups in total. The number of hydrogen-bond donors (Lipinski definition) is 1. The third-order valence-corrected chi connectivity index (χ3v) is 4.10. The first-order valence-corrected chi connectivity index (χ1v) is 6.81. The SMILES string of the molecule is Cc1cc(C)cc(C2(O)CCCC(C)CC2)c1. The van der Waals surface area contributed by atoms with Crippen molar-refractivity contribution in [2.75, 3.05) is 0 Å². The highest BCUT2D eigenvalue weighted by molar-refractivity contribution is 5.32. The molecule has 1 aromatic rings. The molecular weight excluding hydrogens is 208 g/mol. The highest BCUT2D eigenvalue weighted by atomic mass is 16.3. The summed E-state index contributed by atoms with van der Waals surface area (Å²) in [6.07, 6.45) is 5.37.